The fourth-order valence-corrected chi connectivity index (χ4v) is 3.68. The summed E-state index contributed by atoms with van der Waals surface area (Å²) in [5.41, 5.74) is 8.22. The summed E-state index contributed by atoms with van der Waals surface area (Å²) in [6.07, 6.45) is 7.64. The number of ether oxygens (including phenoxy) is 3. The molecule has 2 atom stereocenters. The van der Waals surface area contributed by atoms with Gasteiger partial charge in [-0.3, -0.25) is 4.79 Å². The van der Waals surface area contributed by atoms with Crippen LogP contribution in [0.5, 0.6) is 5.75 Å². The number of methoxy groups -OCH3 is 1. The maximum absolute atomic E-state index is 11.2. The monoisotopic (exact) mass is 397 g/mol. The number of hydrogen-bond donors (Lipinski definition) is 1. The lowest BCUT2D eigenvalue weighted by atomic mass is 10.1. The predicted molar refractivity (Wildman–Crippen MR) is 105 cm³/mol. The first-order chi connectivity index (χ1) is 14.0. The fourth-order valence-electron chi connectivity index (χ4n) is 3.68. The van der Waals surface area contributed by atoms with E-state index in [1.54, 1.807) is 30.1 Å². The number of carbonyl (C=O) groups is 1. The van der Waals surface area contributed by atoms with Crippen molar-refractivity contribution in [3.8, 4) is 16.9 Å². The molecule has 0 saturated heterocycles. The number of nitrogens with zero attached hydrogens (tertiary/aromatic N) is 4. The molecule has 0 radical (unpaired) electrons. The predicted octanol–water partition coefficient (Wildman–Crippen LogP) is 2.38. The van der Waals surface area contributed by atoms with E-state index >= 15 is 0 Å². The van der Waals surface area contributed by atoms with Crippen molar-refractivity contribution in [1.29, 1.82) is 0 Å². The molecule has 3 heterocycles. The van der Waals surface area contributed by atoms with Crippen molar-refractivity contribution >= 4 is 17.3 Å². The van der Waals surface area contributed by atoms with Crippen molar-refractivity contribution < 1.29 is 19.0 Å². The summed E-state index contributed by atoms with van der Waals surface area (Å²) in [6, 6.07) is 3.64. The van der Waals surface area contributed by atoms with Crippen molar-refractivity contribution in [2.75, 3.05) is 12.8 Å². The van der Waals surface area contributed by atoms with Crippen LogP contribution in [-0.4, -0.2) is 44.9 Å². The summed E-state index contributed by atoms with van der Waals surface area (Å²) in [6.45, 7) is 1.68. The number of pyridine rings is 1. The quantitative estimate of drug-likeness (QED) is 0.631. The summed E-state index contributed by atoms with van der Waals surface area (Å²) in [4.78, 5) is 20.0. The molecule has 2 N–H and O–H groups in total. The Morgan fingerprint density at radius 2 is 2.03 bits per heavy atom. The second-order valence-electron chi connectivity index (χ2n) is 6.98. The van der Waals surface area contributed by atoms with Gasteiger partial charge in [0.15, 0.2) is 11.6 Å². The van der Waals surface area contributed by atoms with E-state index in [9.17, 15) is 4.79 Å². The molecule has 1 fully saturated rings. The normalized spacial score (nSPS) is 18.8. The van der Waals surface area contributed by atoms with Gasteiger partial charge < -0.3 is 19.9 Å². The summed E-state index contributed by atoms with van der Waals surface area (Å²) in [7, 11) is 1.60. The molecular formula is C20H23N5O4. The molecule has 0 aliphatic heterocycles. The van der Waals surface area contributed by atoms with E-state index in [0.29, 0.717) is 17.4 Å². The van der Waals surface area contributed by atoms with Gasteiger partial charge in [-0.2, -0.15) is 5.10 Å². The lowest BCUT2D eigenvalue weighted by Gasteiger charge is -2.19. The highest BCUT2D eigenvalue weighted by molar-refractivity contribution is 5.80. The van der Waals surface area contributed by atoms with Crippen LogP contribution >= 0.6 is 0 Å². The Morgan fingerprint density at radius 3 is 2.76 bits per heavy atom. The van der Waals surface area contributed by atoms with Gasteiger partial charge in [-0.25, -0.2) is 14.5 Å². The smallest absolute Gasteiger partial charge is 0.302 e. The maximum atomic E-state index is 11.2. The highest BCUT2D eigenvalue weighted by Crippen LogP contribution is 2.33. The highest BCUT2D eigenvalue weighted by atomic mass is 16.6. The van der Waals surface area contributed by atoms with Crippen LogP contribution in [0.2, 0.25) is 0 Å². The van der Waals surface area contributed by atoms with E-state index in [2.05, 4.69) is 15.1 Å². The van der Waals surface area contributed by atoms with Crippen LogP contribution < -0.4 is 10.5 Å². The van der Waals surface area contributed by atoms with Crippen LogP contribution in [0.3, 0.4) is 0 Å². The Kier molecular flexibility index (Phi) is 5.30. The maximum Gasteiger partial charge on any atom is 0.302 e. The summed E-state index contributed by atoms with van der Waals surface area (Å²) >= 11 is 0. The van der Waals surface area contributed by atoms with E-state index in [0.717, 1.165) is 35.9 Å². The molecule has 0 aromatic carbocycles. The van der Waals surface area contributed by atoms with E-state index in [-0.39, 0.29) is 24.8 Å². The molecule has 0 spiro atoms. The average Bonchev–Trinajstić information content (AvgIpc) is 3.30. The average molecular weight is 397 g/mol. The number of nitrogen functional groups attached to an aromatic ring is 1. The van der Waals surface area contributed by atoms with Crippen molar-refractivity contribution in [2.24, 2.45) is 0 Å². The molecule has 0 unspecified atom stereocenters. The van der Waals surface area contributed by atoms with Crippen LogP contribution in [-0.2, 0) is 20.9 Å². The number of carbonyl (C=O) groups excluding carboxylic acids is 1. The summed E-state index contributed by atoms with van der Waals surface area (Å²) < 4.78 is 18.5. The standard InChI is InChI=1S/C20H23N5O4/c1-12(26)29-17-5-3-4-16(17)28-11-19-22-9-13(10-23-19)14-6-7-25-15(20(14)27-2)8-18(21)24-25/h6-10,16-17H,3-5,11H2,1-2H3,(H2,21,24)/t16-,17-/m0/s1. The Morgan fingerprint density at radius 1 is 1.28 bits per heavy atom. The topological polar surface area (TPSA) is 114 Å². The molecule has 9 heteroatoms. The number of esters is 1. The van der Waals surface area contributed by atoms with Crippen molar-refractivity contribution in [1.82, 2.24) is 19.6 Å². The van der Waals surface area contributed by atoms with Crippen molar-refractivity contribution in [2.45, 2.75) is 45.0 Å². The van der Waals surface area contributed by atoms with Gasteiger partial charge in [-0.1, -0.05) is 0 Å². The van der Waals surface area contributed by atoms with E-state index in [1.165, 1.54) is 6.92 Å². The lowest BCUT2D eigenvalue weighted by Crippen LogP contribution is -2.28. The number of aromatic nitrogens is 4. The fraction of sp³-hybridized carbons (Fsp3) is 0.400. The molecule has 4 rings (SSSR count). The second-order valence-corrected chi connectivity index (χ2v) is 6.98. The minimum atomic E-state index is -0.281. The van der Waals surface area contributed by atoms with Gasteiger partial charge in [-0.05, 0) is 25.3 Å². The van der Waals surface area contributed by atoms with Gasteiger partial charge in [0, 0.05) is 42.7 Å². The number of hydrogen-bond acceptors (Lipinski definition) is 8. The van der Waals surface area contributed by atoms with Crippen LogP contribution in [0.15, 0.2) is 30.7 Å². The van der Waals surface area contributed by atoms with Gasteiger partial charge in [0.1, 0.15) is 24.0 Å². The number of anilines is 1. The first kappa shape index (κ1) is 19.1. The summed E-state index contributed by atoms with van der Waals surface area (Å²) in [5.74, 6) is 1.36. The largest absolute Gasteiger partial charge is 0.494 e. The van der Waals surface area contributed by atoms with Gasteiger partial charge in [0.05, 0.1) is 13.2 Å². The SMILES string of the molecule is COc1c(-c2cnc(CO[C@H]3CCC[C@@H]3OC(C)=O)nc2)ccn2nc(N)cc12. The van der Waals surface area contributed by atoms with Gasteiger partial charge in [0.25, 0.3) is 0 Å². The zero-order valence-corrected chi connectivity index (χ0v) is 16.4. The highest BCUT2D eigenvalue weighted by Gasteiger charge is 2.30. The molecule has 1 aliphatic rings. The first-order valence-corrected chi connectivity index (χ1v) is 9.47. The number of rotatable bonds is 6. The molecule has 1 aliphatic carbocycles. The Hall–Kier alpha value is -3.20. The van der Waals surface area contributed by atoms with E-state index in [4.69, 9.17) is 19.9 Å². The lowest BCUT2D eigenvalue weighted by molar-refractivity contribution is -0.153. The third-order valence-electron chi connectivity index (χ3n) is 4.97. The van der Waals surface area contributed by atoms with Crippen LogP contribution in [0.25, 0.3) is 16.6 Å². The van der Waals surface area contributed by atoms with Crippen LogP contribution in [0, 0.1) is 0 Å². The van der Waals surface area contributed by atoms with E-state index < -0.39 is 0 Å². The minimum Gasteiger partial charge on any atom is -0.494 e. The Bertz CT molecular complexity index is 1020. The number of nitrogens with two attached hydrogens (primary N) is 1. The second kappa shape index (κ2) is 8.04. The third kappa shape index (κ3) is 4.00. The minimum absolute atomic E-state index is 0.114. The van der Waals surface area contributed by atoms with Gasteiger partial charge in [0.2, 0.25) is 0 Å². The molecule has 29 heavy (non-hydrogen) atoms. The Balaban J connectivity index is 1.48. The zero-order chi connectivity index (χ0) is 20.4. The molecule has 3 aromatic heterocycles. The van der Waals surface area contributed by atoms with Gasteiger partial charge in [-0.15, -0.1) is 0 Å². The molecular weight excluding hydrogens is 374 g/mol. The zero-order valence-electron chi connectivity index (χ0n) is 16.4. The van der Waals surface area contributed by atoms with Crippen LogP contribution in [0.4, 0.5) is 5.82 Å². The van der Waals surface area contributed by atoms with Crippen molar-refractivity contribution in [3.63, 3.8) is 0 Å². The third-order valence-corrected chi connectivity index (χ3v) is 4.97. The van der Waals surface area contributed by atoms with E-state index in [1.807, 2.05) is 12.3 Å². The summed E-state index contributed by atoms with van der Waals surface area (Å²) in [5, 5.41) is 4.19. The molecule has 1 saturated carbocycles. The molecule has 3 aromatic rings. The first-order valence-electron chi connectivity index (χ1n) is 9.47. The molecule has 9 nitrogen and oxygen atoms in total. The Labute approximate surface area is 167 Å². The van der Waals surface area contributed by atoms with Gasteiger partial charge >= 0.3 is 5.97 Å². The molecule has 0 amide bonds. The van der Waals surface area contributed by atoms with Crippen molar-refractivity contribution in [3.05, 3.63) is 36.5 Å². The van der Waals surface area contributed by atoms with Crippen LogP contribution in [0.1, 0.15) is 32.0 Å². The molecule has 152 valence electrons. The molecule has 0 bridgehead atoms. The number of fused-ring (bicyclic) bond motifs is 1.